The largest absolute Gasteiger partial charge is 0.506 e. The van der Waals surface area contributed by atoms with Crippen LogP contribution in [0.3, 0.4) is 0 Å². The van der Waals surface area contributed by atoms with Crippen molar-refractivity contribution in [3.63, 3.8) is 0 Å². The van der Waals surface area contributed by atoms with Gasteiger partial charge in [0.2, 0.25) is 15.9 Å². The van der Waals surface area contributed by atoms with Gasteiger partial charge in [-0.15, -0.1) is 0 Å². The van der Waals surface area contributed by atoms with E-state index in [9.17, 15) is 23.4 Å². The van der Waals surface area contributed by atoms with Crippen LogP contribution in [0.15, 0.2) is 72.8 Å². The number of likely N-dealkylation sites (N-methyl/N-ethyl adjacent to an activating group) is 1. The fraction of sp³-hybridized carbons (Fsp3) is 0.296. The Morgan fingerprint density at radius 1 is 0.944 bits per heavy atom. The van der Waals surface area contributed by atoms with Crippen molar-refractivity contribution in [3.8, 4) is 5.75 Å². The molecular weight excluding hydrogens is 478 g/mol. The fourth-order valence-corrected chi connectivity index (χ4v) is 4.34. The number of nitrogens with zero attached hydrogens (tertiary/aromatic N) is 1. The minimum absolute atomic E-state index is 0.0118. The Labute approximate surface area is 212 Å². The van der Waals surface area contributed by atoms with Crippen LogP contribution < -0.4 is 10.0 Å². The van der Waals surface area contributed by atoms with Crippen LogP contribution in [0.2, 0.25) is 0 Å². The van der Waals surface area contributed by atoms with E-state index in [1.807, 2.05) is 54.6 Å². The molecule has 9 heteroatoms. The number of sulfonamides is 1. The molecule has 0 aliphatic heterocycles. The lowest BCUT2D eigenvalue weighted by Gasteiger charge is -2.22. The van der Waals surface area contributed by atoms with Crippen molar-refractivity contribution >= 4 is 21.6 Å². The summed E-state index contributed by atoms with van der Waals surface area (Å²) in [5, 5.41) is 24.2. The van der Waals surface area contributed by atoms with Crippen LogP contribution >= 0.6 is 0 Å². The summed E-state index contributed by atoms with van der Waals surface area (Å²) in [7, 11) is -0.121. The molecule has 36 heavy (non-hydrogen) atoms. The number of nitrogens with one attached hydrogen (secondary N) is 2. The Morgan fingerprint density at radius 2 is 1.58 bits per heavy atom. The molecule has 0 heterocycles. The Kier molecular flexibility index (Phi) is 9.08. The van der Waals surface area contributed by atoms with Gasteiger partial charge in [-0.05, 0) is 40.8 Å². The number of aliphatic hydroxyl groups excluding tert-OH is 1. The minimum atomic E-state index is -3.59. The van der Waals surface area contributed by atoms with E-state index < -0.39 is 16.1 Å². The molecule has 0 saturated carbocycles. The number of benzene rings is 3. The van der Waals surface area contributed by atoms with Crippen LogP contribution in [0.1, 0.15) is 34.4 Å². The van der Waals surface area contributed by atoms with Gasteiger partial charge in [-0.1, -0.05) is 60.7 Å². The zero-order valence-corrected chi connectivity index (χ0v) is 21.5. The summed E-state index contributed by atoms with van der Waals surface area (Å²) in [5.74, 6) is -0.192. The van der Waals surface area contributed by atoms with Crippen molar-refractivity contribution < 1.29 is 23.4 Å². The van der Waals surface area contributed by atoms with Crippen molar-refractivity contribution in [1.82, 2.24) is 10.2 Å². The lowest BCUT2D eigenvalue weighted by atomic mass is 9.96. The molecular formula is C27H33N3O5S. The SMILES string of the molecule is CN(C)C(=O)Cc1ccc([C@@H](Cc2ccccc2)NCC(O)c2ccc(O)c(NS(C)(=O)=O)c2)cc1. The number of amides is 1. The number of hydrogen-bond donors (Lipinski definition) is 4. The van der Waals surface area contributed by atoms with Crippen LogP contribution in [0.25, 0.3) is 0 Å². The molecule has 0 aliphatic rings. The standard InChI is InChI=1S/C27H33N3O5S/c1-30(2)27(33)16-20-9-11-21(12-10-20)23(15-19-7-5-4-6-8-19)28-18-26(32)22-13-14-25(31)24(17-22)29-36(3,34)35/h4-14,17,23,26,28-29,31-32H,15-16,18H2,1-3H3/t23-,26?/m1/s1. The van der Waals surface area contributed by atoms with E-state index in [1.54, 1.807) is 25.1 Å². The topological polar surface area (TPSA) is 119 Å². The van der Waals surface area contributed by atoms with Gasteiger partial charge >= 0.3 is 0 Å². The van der Waals surface area contributed by atoms with Crippen LogP contribution in [-0.4, -0.2) is 56.3 Å². The average molecular weight is 512 g/mol. The van der Waals surface area contributed by atoms with Gasteiger partial charge in [0.1, 0.15) is 5.75 Å². The third kappa shape index (κ3) is 8.08. The van der Waals surface area contributed by atoms with E-state index in [1.165, 1.54) is 12.1 Å². The van der Waals surface area contributed by atoms with Crippen LogP contribution in [0, 0.1) is 0 Å². The third-order valence-electron chi connectivity index (χ3n) is 5.78. The van der Waals surface area contributed by atoms with Gasteiger partial charge in [0.15, 0.2) is 0 Å². The predicted octanol–water partition coefficient (Wildman–Crippen LogP) is 3.00. The van der Waals surface area contributed by atoms with Crippen molar-refractivity contribution in [1.29, 1.82) is 0 Å². The number of anilines is 1. The molecule has 8 nitrogen and oxygen atoms in total. The van der Waals surface area contributed by atoms with E-state index in [0.717, 1.165) is 22.9 Å². The molecule has 2 atom stereocenters. The molecule has 3 aromatic rings. The van der Waals surface area contributed by atoms with Crippen molar-refractivity contribution in [3.05, 3.63) is 95.1 Å². The first-order valence-electron chi connectivity index (χ1n) is 11.6. The fourth-order valence-electron chi connectivity index (χ4n) is 3.77. The number of phenols is 1. The highest BCUT2D eigenvalue weighted by atomic mass is 32.2. The molecule has 1 unspecified atom stereocenters. The maximum Gasteiger partial charge on any atom is 0.229 e. The number of carbonyl (C=O) groups excluding carboxylic acids is 1. The summed E-state index contributed by atoms with van der Waals surface area (Å²) < 4.78 is 25.4. The molecule has 3 aromatic carbocycles. The number of carbonyl (C=O) groups is 1. The van der Waals surface area contributed by atoms with Crippen molar-refractivity contribution in [2.24, 2.45) is 0 Å². The third-order valence-corrected chi connectivity index (χ3v) is 6.37. The van der Waals surface area contributed by atoms with Gasteiger partial charge in [-0.25, -0.2) is 8.42 Å². The first-order chi connectivity index (χ1) is 17.0. The maximum atomic E-state index is 12.0. The van der Waals surface area contributed by atoms with E-state index in [2.05, 4.69) is 10.0 Å². The summed E-state index contributed by atoms with van der Waals surface area (Å²) in [6, 6.07) is 22.0. The van der Waals surface area contributed by atoms with Crippen molar-refractivity contribution in [2.75, 3.05) is 31.6 Å². The second kappa shape index (κ2) is 12.0. The van der Waals surface area contributed by atoms with Gasteiger partial charge in [0.05, 0.1) is 24.5 Å². The molecule has 0 radical (unpaired) electrons. The van der Waals surface area contributed by atoms with Crippen LogP contribution in [0.5, 0.6) is 5.75 Å². The average Bonchev–Trinajstić information content (AvgIpc) is 2.83. The summed E-state index contributed by atoms with van der Waals surface area (Å²) in [5.41, 5.74) is 3.53. The predicted molar refractivity (Wildman–Crippen MR) is 141 cm³/mol. The Balaban J connectivity index is 1.77. The molecule has 0 aliphatic carbocycles. The monoisotopic (exact) mass is 511 g/mol. The molecule has 3 rings (SSSR count). The lowest BCUT2D eigenvalue weighted by Crippen LogP contribution is -2.28. The summed E-state index contributed by atoms with van der Waals surface area (Å²) in [6.45, 7) is 0.196. The Morgan fingerprint density at radius 3 is 2.19 bits per heavy atom. The normalized spacial score (nSPS) is 13.1. The van der Waals surface area contributed by atoms with Gasteiger partial charge in [-0.2, -0.15) is 0 Å². The molecule has 0 bridgehead atoms. The number of aromatic hydroxyl groups is 1. The highest BCUT2D eigenvalue weighted by Gasteiger charge is 2.17. The first-order valence-corrected chi connectivity index (χ1v) is 13.5. The molecule has 192 valence electrons. The van der Waals surface area contributed by atoms with E-state index in [-0.39, 0.29) is 29.9 Å². The van der Waals surface area contributed by atoms with Gasteiger partial charge in [0, 0.05) is 26.7 Å². The van der Waals surface area contributed by atoms with Gasteiger partial charge in [0.25, 0.3) is 0 Å². The minimum Gasteiger partial charge on any atom is -0.506 e. The number of phenolic OH excluding ortho intramolecular Hbond substituents is 1. The van der Waals surface area contributed by atoms with Gasteiger partial charge < -0.3 is 20.4 Å². The molecule has 0 saturated heterocycles. The Bertz CT molecular complexity index is 1260. The molecule has 0 aromatic heterocycles. The first kappa shape index (κ1) is 27.2. The lowest BCUT2D eigenvalue weighted by molar-refractivity contribution is -0.127. The highest BCUT2D eigenvalue weighted by Crippen LogP contribution is 2.28. The molecule has 0 spiro atoms. The zero-order valence-electron chi connectivity index (χ0n) is 20.7. The van der Waals surface area contributed by atoms with Crippen molar-refractivity contribution in [2.45, 2.75) is 25.0 Å². The quantitative estimate of drug-likeness (QED) is 0.294. The van der Waals surface area contributed by atoms with Crippen LogP contribution in [-0.2, 0) is 27.7 Å². The van der Waals surface area contributed by atoms with E-state index in [4.69, 9.17) is 0 Å². The van der Waals surface area contributed by atoms with E-state index in [0.29, 0.717) is 18.4 Å². The van der Waals surface area contributed by atoms with Gasteiger partial charge in [-0.3, -0.25) is 9.52 Å². The smallest absolute Gasteiger partial charge is 0.229 e. The number of aliphatic hydroxyl groups is 1. The maximum absolute atomic E-state index is 12.0. The summed E-state index contributed by atoms with van der Waals surface area (Å²) >= 11 is 0. The number of hydrogen-bond acceptors (Lipinski definition) is 6. The molecule has 1 amide bonds. The second-order valence-electron chi connectivity index (χ2n) is 9.02. The highest BCUT2D eigenvalue weighted by molar-refractivity contribution is 7.92. The summed E-state index contributed by atoms with van der Waals surface area (Å²) in [4.78, 5) is 13.6. The number of rotatable bonds is 11. The molecule has 0 fully saturated rings. The van der Waals surface area contributed by atoms with Crippen LogP contribution in [0.4, 0.5) is 5.69 Å². The zero-order chi connectivity index (χ0) is 26.3. The molecule has 4 N–H and O–H groups in total. The second-order valence-corrected chi connectivity index (χ2v) is 10.8. The summed E-state index contributed by atoms with van der Waals surface area (Å²) in [6.07, 6.45) is 1.06. The Hall–Kier alpha value is -3.40. The van der Waals surface area contributed by atoms with E-state index >= 15 is 0 Å².